The first-order valence-corrected chi connectivity index (χ1v) is 9.76. The maximum absolute atomic E-state index is 12.7. The van der Waals surface area contributed by atoms with E-state index in [1.807, 2.05) is 17.0 Å². The van der Waals surface area contributed by atoms with Gasteiger partial charge in [0, 0.05) is 54.4 Å². The van der Waals surface area contributed by atoms with Gasteiger partial charge in [0.25, 0.3) is 11.5 Å². The fourth-order valence-electron chi connectivity index (χ4n) is 4.49. The first kappa shape index (κ1) is 17.7. The lowest BCUT2D eigenvalue weighted by molar-refractivity contribution is 0.0657. The molecule has 1 aliphatic carbocycles. The van der Waals surface area contributed by atoms with E-state index in [-0.39, 0.29) is 16.9 Å². The molecule has 8 heteroatoms. The van der Waals surface area contributed by atoms with Gasteiger partial charge >= 0.3 is 0 Å². The Hall–Kier alpha value is -3.42. The molecule has 0 saturated carbocycles. The fourth-order valence-corrected chi connectivity index (χ4v) is 4.49. The Kier molecular flexibility index (Phi) is 4.19. The van der Waals surface area contributed by atoms with Gasteiger partial charge in [0.05, 0.1) is 11.9 Å². The van der Waals surface area contributed by atoms with Gasteiger partial charge in [0.15, 0.2) is 0 Å². The topological polar surface area (TPSA) is 105 Å². The third-order valence-corrected chi connectivity index (χ3v) is 6.10. The fraction of sp³-hybridized carbons (Fsp3) is 0.333. The van der Waals surface area contributed by atoms with Crippen molar-refractivity contribution in [2.24, 2.45) is 0 Å². The highest BCUT2D eigenvalue weighted by molar-refractivity contribution is 5.92. The Morgan fingerprint density at radius 2 is 1.90 bits per heavy atom. The van der Waals surface area contributed by atoms with Crippen LogP contribution in [-0.2, 0) is 11.8 Å². The van der Waals surface area contributed by atoms with Gasteiger partial charge in [0.1, 0.15) is 11.5 Å². The van der Waals surface area contributed by atoms with Gasteiger partial charge < -0.3 is 9.88 Å². The number of nitrogens with one attached hydrogen (secondary N) is 1. The second-order valence-corrected chi connectivity index (χ2v) is 7.65. The molecule has 1 aliphatic heterocycles. The van der Waals surface area contributed by atoms with E-state index < -0.39 is 0 Å². The summed E-state index contributed by atoms with van der Waals surface area (Å²) in [6.07, 6.45) is 11.2. The number of nitrogens with zero attached hydrogens (tertiary/aromatic N) is 5. The zero-order chi connectivity index (χ0) is 19.8. The van der Waals surface area contributed by atoms with Crippen LogP contribution in [0.25, 0.3) is 11.4 Å². The first-order valence-electron chi connectivity index (χ1n) is 9.76. The normalized spacial score (nSPS) is 17.3. The number of H-pyrrole nitrogens is 1. The smallest absolute Gasteiger partial charge is 0.274 e. The summed E-state index contributed by atoms with van der Waals surface area (Å²) >= 11 is 0. The highest BCUT2D eigenvalue weighted by Crippen LogP contribution is 2.44. The Balaban J connectivity index is 1.43. The van der Waals surface area contributed by atoms with Crippen LogP contribution in [0.1, 0.15) is 41.0 Å². The number of piperidine rings is 1. The van der Waals surface area contributed by atoms with Crippen molar-refractivity contribution in [2.75, 3.05) is 13.1 Å². The number of likely N-dealkylation sites (tertiary alicyclic amines) is 1. The van der Waals surface area contributed by atoms with Crippen molar-refractivity contribution in [3.63, 3.8) is 0 Å². The molecule has 0 radical (unpaired) electrons. The second kappa shape index (κ2) is 6.88. The number of carbonyl (C=O) groups is 1. The molecular formula is C21H20N6O2. The maximum atomic E-state index is 12.7. The van der Waals surface area contributed by atoms with Crippen molar-refractivity contribution >= 4 is 5.91 Å². The molecule has 1 fully saturated rings. The second-order valence-electron chi connectivity index (χ2n) is 7.65. The monoisotopic (exact) mass is 388 g/mol. The van der Waals surface area contributed by atoms with Gasteiger partial charge in [-0.15, -0.1) is 0 Å². The highest BCUT2D eigenvalue weighted by atomic mass is 16.2. The number of aromatic nitrogens is 5. The van der Waals surface area contributed by atoms with Gasteiger partial charge in [-0.25, -0.2) is 9.97 Å². The number of hydrogen-bond acceptors (Lipinski definition) is 6. The summed E-state index contributed by atoms with van der Waals surface area (Å²) in [4.78, 5) is 47.2. The number of fused-ring (bicyclic) bond motifs is 2. The number of amides is 1. The molecule has 0 aromatic carbocycles. The minimum absolute atomic E-state index is 0.0659. The molecule has 0 atom stereocenters. The molecule has 0 unspecified atom stereocenters. The minimum atomic E-state index is -0.153. The molecule has 146 valence electrons. The molecule has 1 spiro atoms. The molecule has 0 bridgehead atoms. The summed E-state index contributed by atoms with van der Waals surface area (Å²) in [7, 11) is 0. The average Bonchev–Trinajstić information content (AvgIpc) is 3.13. The molecule has 1 amide bonds. The van der Waals surface area contributed by atoms with E-state index in [0.29, 0.717) is 24.6 Å². The third-order valence-electron chi connectivity index (χ3n) is 6.10. The van der Waals surface area contributed by atoms with Crippen molar-refractivity contribution in [2.45, 2.75) is 31.1 Å². The molecule has 29 heavy (non-hydrogen) atoms. The van der Waals surface area contributed by atoms with Crippen molar-refractivity contribution in [3.8, 4) is 11.4 Å². The molecule has 1 saturated heterocycles. The molecule has 2 aliphatic rings. The first-order chi connectivity index (χ1) is 14.2. The van der Waals surface area contributed by atoms with E-state index in [4.69, 9.17) is 4.98 Å². The summed E-state index contributed by atoms with van der Waals surface area (Å²) in [6.45, 7) is 1.23. The van der Waals surface area contributed by atoms with Crippen LogP contribution in [0.2, 0.25) is 0 Å². The van der Waals surface area contributed by atoms with Crippen LogP contribution >= 0.6 is 0 Å². The van der Waals surface area contributed by atoms with Crippen molar-refractivity contribution < 1.29 is 4.79 Å². The lowest BCUT2D eigenvalue weighted by Crippen LogP contribution is -2.45. The van der Waals surface area contributed by atoms with Gasteiger partial charge in [-0.2, -0.15) is 0 Å². The number of carbonyl (C=O) groups excluding carboxylic acids is 1. The number of pyridine rings is 1. The predicted molar refractivity (Wildman–Crippen MR) is 105 cm³/mol. The van der Waals surface area contributed by atoms with Crippen LogP contribution in [0, 0.1) is 0 Å². The molecule has 4 heterocycles. The lowest BCUT2D eigenvalue weighted by atomic mass is 9.76. The third kappa shape index (κ3) is 3.00. The van der Waals surface area contributed by atoms with Gasteiger partial charge in [-0.1, -0.05) is 0 Å². The van der Waals surface area contributed by atoms with Crippen LogP contribution in [0.15, 0.2) is 47.9 Å². The summed E-state index contributed by atoms with van der Waals surface area (Å²) in [5.41, 5.74) is 2.62. The summed E-state index contributed by atoms with van der Waals surface area (Å²) in [5.74, 6) is 0.460. The molecular weight excluding hydrogens is 368 g/mol. The minimum Gasteiger partial charge on any atom is -0.337 e. The summed E-state index contributed by atoms with van der Waals surface area (Å²) in [6, 6.07) is 3.72. The largest absolute Gasteiger partial charge is 0.337 e. The zero-order valence-corrected chi connectivity index (χ0v) is 15.8. The van der Waals surface area contributed by atoms with Gasteiger partial charge in [-0.05, 0) is 37.8 Å². The van der Waals surface area contributed by atoms with Crippen molar-refractivity contribution in [1.29, 1.82) is 0 Å². The Morgan fingerprint density at radius 1 is 1.07 bits per heavy atom. The Labute approximate surface area is 167 Å². The number of rotatable bonds is 2. The predicted octanol–water partition coefficient (Wildman–Crippen LogP) is 1.74. The Bertz CT molecular complexity index is 1110. The summed E-state index contributed by atoms with van der Waals surface area (Å²) in [5, 5.41) is 0. The van der Waals surface area contributed by atoms with Crippen LogP contribution in [0.3, 0.4) is 0 Å². The molecule has 3 aromatic rings. The van der Waals surface area contributed by atoms with Crippen LogP contribution in [0.4, 0.5) is 0 Å². The highest BCUT2D eigenvalue weighted by Gasteiger charge is 2.44. The van der Waals surface area contributed by atoms with E-state index in [2.05, 4.69) is 19.9 Å². The van der Waals surface area contributed by atoms with Gasteiger partial charge in [0.2, 0.25) is 0 Å². The average molecular weight is 388 g/mol. The molecule has 8 nitrogen and oxygen atoms in total. The standard InChI is InChI=1S/C21H20N6O2/c28-19-15-3-4-21(17(15)25-18(26-19)14-2-1-7-22-12-14)5-10-27(11-6-21)20(29)16-13-23-8-9-24-16/h1-2,7-9,12-13H,3-6,10-11H2,(H,25,26,28). The van der Waals surface area contributed by atoms with E-state index in [1.54, 1.807) is 18.6 Å². The van der Waals surface area contributed by atoms with Crippen molar-refractivity contribution in [1.82, 2.24) is 29.8 Å². The maximum Gasteiger partial charge on any atom is 0.274 e. The van der Waals surface area contributed by atoms with Crippen LogP contribution < -0.4 is 5.56 Å². The number of aromatic amines is 1. The summed E-state index contributed by atoms with van der Waals surface area (Å²) < 4.78 is 0. The SMILES string of the molecule is O=C(c1cnccn1)N1CCC2(CCc3c2nc(-c2cccnc2)[nH]c3=O)CC1. The van der Waals surface area contributed by atoms with Crippen molar-refractivity contribution in [3.05, 3.63) is 70.4 Å². The molecule has 1 N–H and O–H groups in total. The quantitative estimate of drug-likeness (QED) is 0.717. The molecule has 3 aromatic heterocycles. The van der Waals surface area contributed by atoms with Gasteiger partial charge in [-0.3, -0.25) is 19.6 Å². The van der Waals surface area contributed by atoms with E-state index in [1.165, 1.54) is 12.4 Å². The lowest BCUT2D eigenvalue weighted by Gasteiger charge is -2.39. The number of hydrogen-bond donors (Lipinski definition) is 1. The van der Waals surface area contributed by atoms with E-state index >= 15 is 0 Å². The zero-order valence-electron chi connectivity index (χ0n) is 15.8. The van der Waals surface area contributed by atoms with E-state index in [0.717, 1.165) is 42.5 Å². The van der Waals surface area contributed by atoms with E-state index in [9.17, 15) is 9.59 Å². The van der Waals surface area contributed by atoms with Crippen LogP contribution in [0.5, 0.6) is 0 Å². The van der Waals surface area contributed by atoms with Crippen LogP contribution in [-0.4, -0.2) is 48.8 Å². The Morgan fingerprint density at radius 3 is 2.62 bits per heavy atom. The molecule has 5 rings (SSSR count).